The molecular weight excluding hydrogens is 312 g/mol. The van der Waals surface area contributed by atoms with Gasteiger partial charge in [-0.2, -0.15) is 0 Å². The molecule has 3 heterocycles. The molecule has 7 heteroatoms. The van der Waals surface area contributed by atoms with Gasteiger partial charge < -0.3 is 14.9 Å². The molecule has 1 amide bonds. The summed E-state index contributed by atoms with van der Waals surface area (Å²) in [5.41, 5.74) is 1.07. The molecule has 0 unspecified atom stereocenters. The second kappa shape index (κ2) is 7.59. The molecule has 2 fully saturated rings. The van der Waals surface area contributed by atoms with Gasteiger partial charge in [-0.25, -0.2) is 4.98 Å². The normalized spacial score (nSPS) is 21.0. The van der Waals surface area contributed by atoms with Crippen LogP contribution in [0.1, 0.15) is 18.5 Å². The maximum atomic E-state index is 12.7. The summed E-state index contributed by atoms with van der Waals surface area (Å²) in [5, 5.41) is 12.2. The number of hydrogen-bond acceptors (Lipinski definition) is 6. The van der Waals surface area contributed by atoms with Crippen LogP contribution < -0.4 is 4.90 Å². The van der Waals surface area contributed by atoms with E-state index in [1.807, 2.05) is 11.8 Å². The number of hydrogen-bond donors (Lipinski definition) is 1. The first kappa shape index (κ1) is 16.7. The minimum absolute atomic E-state index is 0.164. The Morgan fingerprint density at radius 3 is 2.52 bits per heavy atom. The van der Waals surface area contributed by atoms with E-state index in [0.29, 0.717) is 12.5 Å². The van der Waals surface area contributed by atoms with Crippen LogP contribution in [0.3, 0.4) is 0 Å². The summed E-state index contributed by atoms with van der Waals surface area (Å²) in [6.45, 7) is 8.13. The van der Waals surface area contributed by atoms with Gasteiger partial charge in [0.25, 0.3) is 0 Å². The Bertz CT molecular complexity index is 520. The third-order valence-corrected chi connectivity index (χ3v) is 5.84. The Balaban J connectivity index is 1.47. The van der Waals surface area contributed by atoms with Crippen molar-refractivity contribution in [3.63, 3.8) is 0 Å². The second-order valence-corrected chi connectivity index (χ2v) is 7.26. The fourth-order valence-electron chi connectivity index (χ4n) is 3.40. The van der Waals surface area contributed by atoms with Crippen LogP contribution in [0, 0.1) is 12.8 Å². The van der Waals surface area contributed by atoms with Gasteiger partial charge in [-0.3, -0.25) is 9.69 Å². The van der Waals surface area contributed by atoms with Crippen molar-refractivity contribution >= 4 is 22.4 Å². The van der Waals surface area contributed by atoms with Crippen molar-refractivity contribution in [1.29, 1.82) is 0 Å². The van der Waals surface area contributed by atoms with Gasteiger partial charge in [-0.15, -0.1) is 11.3 Å². The smallest absolute Gasteiger partial charge is 0.225 e. The minimum Gasteiger partial charge on any atom is -0.395 e. The summed E-state index contributed by atoms with van der Waals surface area (Å²) in [7, 11) is 0. The third kappa shape index (κ3) is 4.02. The highest BCUT2D eigenvalue weighted by atomic mass is 32.1. The molecule has 3 rings (SSSR count). The van der Waals surface area contributed by atoms with Crippen molar-refractivity contribution in [2.24, 2.45) is 5.92 Å². The molecule has 2 aliphatic rings. The Morgan fingerprint density at radius 1 is 1.26 bits per heavy atom. The fourth-order valence-corrected chi connectivity index (χ4v) is 4.25. The lowest BCUT2D eigenvalue weighted by Gasteiger charge is -2.38. The largest absolute Gasteiger partial charge is 0.395 e. The van der Waals surface area contributed by atoms with E-state index in [-0.39, 0.29) is 12.5 Å². The molecule has 0 saturated carbocycles. The SMILES string of the molecule is Cc1csc(N2CCC(C(=O)N3CCN(CCO)CC3)CC2)n1. The number of aliphatic hydroxyl groups excluding tert-OH is 1. The van der Waals surface area contributed by atoms with Gasteiger partial charge in [-0.1, -0.05) is 0 Å². The minimum atomic E-state index is 0.164. The molecule has 0 spiro atoms. The zero-order valence-electron chi connectivity index (χ0n) is 13.8. The molecule has 2 aliphatic heterocycles. The number of anilines is 1. The first-order valence-corrected chi connectivity index (χ1v) is 9.34. The van der Waals surface area contributed by atoms with Crippen LogP contribution in [-0.4, -0.2) is 78.2 Å². The highest BCUT2D eigenvalue weighted by Crippen LogP contribution is 2.27. The average Bonchev–Trinajstić information content (AvgIpc) is 3.02. The number of aliphatic hydroxyl groups is 1. The zero-order valence-corrected chi connectivity index (χ0v) is 14.6. The number of amides is 1. The van der Waals surface area contributed by atoms with Gasteiger partial charge in [0, 0.05) is 57.1 Å². The monoisotopic (exact) mass is 338 g/mol. The van der Waals surface area contributed by atoms with Crippen LogP contribution in [0.2, 0.25) is 0 Å². The number of thiazole rings is 1. The summed E-state index contributed by atoms with van der Waals surface area (Å²) in [6.07, 6.45) is 1.85. The number of rotatable bonds is 4. The first-order chi connectivity index (χ1) is 11.2. The molecular formula is C16H26N4O2S. The molecule has 1 aromatic heterocycles. The van der Waals surface area contributed by atoms with Crippen LogP contribution in [0.5, 0.6) is 0 Å². The first-order valence-electron chi connectivity index (χ1n) is 8.46. The lowest BCUT2D eigenvalue weighted by atomic mass is 9.95. The van der Waals surface area contributed by atoms with E-state index in [9.17, 15) is 4.79 Å². The molecule has 0 radical (unpaired) electrons. The summed E-state index contributed by atoms with van der Waals surface area (Å²) in [4.78, 5) is 23.8. The Morgan fingerprint density at radius 2 is 1.96 bits per heavy atom. The molecule has 23 heavy (non-hydrogen) atoms. The molecule has 6 nitrogen and oxygen atoms in total. The molecule has 0 aliphatic carbocycles. The maximum absolute atomic E-state index is 12.7. The van der Waals surface area contributed by atoms with Gasteiger partial charge in [0.15, 0.2) is 5.13 Å². The van der Waals surface area contributed by atoms with Gasteiger partial charge in [-0.05, 0) is 19.8 Å². The highest BCUT2D eigenvalue weighted by molar-refractivity contribution is 7.13. The van der Waals surface area contributed by atoms with Crippen molar-refractivity contribution in [3.8, 4) is 0 Å². The topological polar surface area (TPSA) is 59.9 Å². The Kier molecular flexibility index (Phi) is 5.50. The number of β-amino-alcohol motifs (C(OH)–C–C–N with tert-alkyl or cyclic N) is 1. The molecule has 1 aromatic rings. The quantitative estimate of drug-likeness (QED) is 0.880. The Hall–Kier alpha value is -1.18. The van der Waals surface area contributed by atoms with E-state index in [4.69, 9.17) is 5.11 Å². The molecule has 1 N–H and O–H groups in total. The van der Waals surface area contributed by atoms with Gasteiger partial charge >= 0.3 is 0 Å². The van der Waals surface area contributed by atoms with Crippen molar-refractivity contribution in [1.82, 2.24) is 14.8 Å². The maximum Gasteiger partial charge on any atom is 0.225 e. The lowest BCUT2D eigenvalue weighted by Crippen LogP contribution is -2.52. The van der Waals surface area contributed by atoms with E-state index >= 15 is 0 Å². The summed E-state index contributed by atoms with van der Waals surface area (Å²) >= 11 is 1.69. The van der Waals surface area contributed by atoms with Crippen LogP contribution in [0.25, 0.3) is 0 Å². The molecule has 2 saturated heterocycles. The van der Waals surface area contributed by atoms with Crippen molar-refractivity contribution in [2.75, 3.05) is 57.3 Å². The van der Waals surface area contributed by atoms with Crippen LogP contribution in [0.15, 0.2) is 5.38 Å². The van der Waals surface area contributed by atoms with Crippen LogP contribution >= 0.6 is 11.3 Å². The van der Waals surface area contributed by atoms with Crippen LogP contribution in [-0.2, 0) is 4.79 Å². The number of carbonyl (C=O) groups is 1. The predicted molar refractivity (Wildman–Crippen MR) is 91.9 cm³/mol. The lowest BCUT2D eigenvalue weighted by molar-refractivity contribution is -0.138. The van der Waals surface area contributed by atoms with E-state index in [1.54, 1.807) is 11.3 Å². The number of piperazine rings is 1. The molecule has 0 aromatic carbocycles. The van der Waals surface area contributed by atoms with Crippen molar-refractivity contribution in [2.45, 2.75) is 19.8 Å². The summed E-state index contributed by atoms with van der Waals surface area (Å²) in [6, 6.07) is 0. The predicted octanol–water partition coefficient (Wildman–Crippen LogP) is 0.804. The second-order valence-electron chi connectivity index (χ2n) is 6.42. The third-order valence-electron chi connectivity index (χ3n) is 4.82. The number of nitrogens with zero attached hydrogens (tertiary/aromatic N) is 4. The zero-order chi connectivity index (χ0) is 16.2. The van der Waals surface area contributed by atoms with Crippen molar-refractivity contribution < 1.29 is 9.90 Å². The van der Waals surface area contributed by atoms with Gasteiger partial charge in [0.2, 0.25) is 5.91 Å². The van der Waals surface area contributed by atoms with E-state index in [1.165, 1.54) is 0 Å². The summed E-state index contributed by atoms with van der Waals surface area (Å²) < 4.78 is 0. The standard InChI is InChI=1S/C16H26N4O2S/c1-13-12-23-16(17-13)20-4-2-14(3-5-20)15(22)19-8-6-18(7-9-19)10-11-21/h12,14,21H,2-11H2,1H3. The highest BCUT2D eigenvalue weighted by Gasteiger charge is 2.30. The fraction of sp³-hybridized carbons (Fsp3) is 0.750. The Labute approximate surface area is 141 Å². The molecule has 0 bridgehead atoms. The molecule has 128 valence electrons. The van der Waals surface area contributed by atoms with E-state index in [0.717, 1.165) is 62.9 Å². The van der Waals surface area contributed by atoms with E-state index in [2.05, 4.69) is 20.2 Å². The number of carbonyl (C=O) groups excluding carboxylic acids is 1. The summed E-state index contributed by atoms with van der Waals surface area (Å²) in [5.74, 6) is 0.486. The molecule has 0 atom stereocenters. The number of piperidine rings is 1. The van der Waals surface area contributed by atoms with Crippen molar-refractivity contribution in [3.05, 3.63) is 11.1 Å². The van der Waals surface area contributed by atoms with Crippen LogP contribution in [0.4, 0.5) is 5.13 Å². The van der Waals surface area contributed by atoms with Gasteiger partial charge in [0.05, 0.1) is 12.3 Å². The number of aryl methyl sites for hydroxylation is 1. The van der Waals surface area contributed by atoms with Gasteiger partial charge in [0.1, 0.15) is 0 Å². The number of aromatic nitrogens is 1. The van der Waals surface area contributed by atoms with E-state index < -0.39 is 0 Å². The average molecular weight is 338 g/mol.